The van der Waals surface area contributed by atoms with Crippen LogP contribution in [-0.2, 0) is 53.5 Å². The molecule has 11 heteroatoms. The van der Waals surface area contributed by atoms with E-state index in [1.807, 2.05) is 6.92 Å². The number of carbonyl (C=O) groups is 3. The van der Waals surface area contributed by atoms with Crippen LogP contribution in [0.3, 0.4) is 0 Å². The molecule has 0 aliphatic heterocycles. The van der Waals surface area contributed by atoms with E-state index >= 15 is 0 Å². The second kappa shape index (κ2) is 8.33. The summed E-state index contributed by atoms with van der Waals surface area (Å²) in [6.07, 6.45) is 0.422. The van der Waals surface area contributed by atoms with Gasteiger partial charge in [0, 0.05) is 51.1 Å². The van der Waals surface area contributed by atoms with Crippen molar-refractivity contribution in [3.63, 3.8) is 0 Å². The van der Waals surface area contributed by atoms with Crippen molar-refractivity contribution < 1.29 is 66.8 Å². The van der Waals surface area contributed by atoms with Crippen LogP contribution in [0.5, 0.6) is 0 Å². The van der Waals surface area contributed by atoms with Gasteiger partial charge in [0.05, 0.1) is 11.6 Å². The van der Waals surface area contributed by atoms with E-state index in [0.29, 0.717) is 23.4 Å². The van der Waals surface area contributed by atoms with E-state index < -0.39 is 52.3 Å². The molecule has 1 saturated carbocycles. The summed E-state index contributed by atoms with van der Waals surface area (Å²) >= 11 is 0. The second-order valence-electron chi connectivity index (χ2n) is 9.48. The molecule has 1 heterocycles. The second-order valence-corrected chi connectivity index (χ2v) is 9.48. The Hall–Kier alpha value is -2.40. The van der Waals surface area contributed by atoms with Gasteiger partial charge in [0.15, 0.2) is 17.3 Å². The maximum atomic E-state index is 13.8. The summed E-state index contributed by atoms with van der Waals surface area (Å²) in [4.78, 5) is 44.7. The Morgan fingerprint density at radius 3 is 2.51 bits per heavy atom. The quantitative estimate of drug-likeness (QED) is 0.310. The van der Waals surface area contributed by atoms with Gasteiger partial charge in [0.25, 0.3) is 5.91 Å². The number of aliphatic hydroxyl groups excluding tert-OH is 2. The maximum Gasteiger partial charge on any atom is 0.255 e. The number of aliphatic hydroxyl groups is 3. The Kier molecular flexibility index (Phi) is 6.12. The van der Waals surface area contributed by atoms with Crippen LogP contribution in [0.4, 0.5) is 0 Å². The van der Waals surface area contributed by atoms with E-state index in [-0.39, 0.29) is 56.0 Å². The number of fused-ring (bicyclic) bond motifs is 5. The monoisotopic (exact) mass is 555 g/mol. The zero-order valence-corrected chi connectivity index (χ0v) is 22.5. The average Bonchev–Trinajstić information content (AvgIpc) is 3.10. The molecule has 1 amide bonds. The molecule has 5 N–H and O–H groups in total. The number of rotatable bonds is 2. The van der Waals surface area contributed by atoms with Gasteiger partial charge in [-0.2, -0.15) is 5.56 Å². The normalized spacial score (nSPS) is 28.1. The van der Waals surface area contributed by atoms with E-state index in [9.17, 15) is 29.7 Å². The van der Waals surface area contributed by atoms with Gasteiger partial charge in [-0.15, -0.1) is 11.6 Å². The number of Topliss-reactive ketones (excluding diaryl/α,β-unsaturated/α-hetero) is 2. The average molecular weight is 555 g/mol. The summed E-state index contributed by atoms with van der Waals surface area (Å²) < 4.78 is 5.69. The molecular weight excluding hydrogens is 531 g/mol. The molecular formula is C24H24N3O7Y-. The van der Waals surface area contributed by atoms with Gasteiger partial charge in [0.1, 0.15) is 17.1 Å². The summed E-state index contributed by atoms with van der Waals surface area (Å²) in [6, 6.07) is 2.08. The molecule has 1 aromatic heterocycles. The molecule has 4 atom stereocenters. The number of nitrogens with zero attached hydrogens (tertiary/aromatic N) is 2. The van der Waals surface area contributed by atoms with Crippen LogP contribution in [0.15, 0.2) is 21.3 Å². The molecule has 35 heavy (non-hydrogen) atoms. The van der Waals surface area contributed by atoms with Crippen LogP contribution in [-0.4, -0.2) is 68.4 Å². The van der Waals surface area contributed by atoms with Gasteiger partial charge in [-0.1, -0.05) is 13.3 Å². The number of carbonyl (C=O) groups excluding carboxylic acids is 3. The van der Waals surface area contributed by atoms with Crippen molar-refractivity contribution in [3.8, 4) is 0 Å². The molecule has 10 nitrogen and oxygen atoms in total. The van der Waals surface area contributed by atoms with Crippen molar-refractivity contribution in [1.82, 2.24) is 9.88 Å². The third-order valence-corrected chi connectivity index (χ3v) is 7.33. The molecule has 5 rings (SSSR count). The van der Waals surface area contributed by atoms with Gasteiger partial charge >= 0.3 is 0 Å². The van der Waals surface area contributed by atoms with Crippen molar-refractivity contribution >= 4 is 34.3 Å². The van der Waals surface area contributed by atoms with Gasteiger partial charge in [-0.05, 0) is 37.5 Å². The predicted molar refractivity (Wildman–Crippen MR) is 118 cm³/mol. The molecule has 181 valence electrons. The molecule has 3 aliphatic rings. The largest absolute Gasteiger partial charge is 0.509 e. The zero-order valence-electron chi connectivity index (χ0n) is 19.7. The first kappa shape index (κ1) is 25.7. The maximum absolute atomic E-state index is 13.8. The molecule has 1 aromatic carbocycles. The summed E-state index contributed by atoms with van der Waals surface area (Å²) in [7, 11) is 3.16. The summed E-state index contributed by atoms with van der Waals surface area (Å²) in [5, 5.41) is 33.8. The van der Waals surface area contributed by atoms with Crippen LogP contribution in [0.25, 0.3) is 16.9 Å². The first-order chi connectivity index (χ1) is 15.9. The van der Waals surface area contributed by atoms with Crippen LogP contribution in [0.2, 0.25) is 0 Å². The number of likely N-dealkylation sites (N-methyl/N-ethyl adjacent to an activating group) is 1. The van der Waals surface area contributed by atoms with Gasteiger partial charge in [0.2, 0.25) is 5.78 Å². The Bertz CT molecular complexity index is 1390. The van der Waals surface area contributed by atoms with Crippen molar-refractivity contribution in [2.75, 3.05) is 14.1 Å². The number of benzene rings is 1. The molecule has 0 spiro atoms. The fraction of sp³-hybridized carbons (Fsp3) is 0.417. The Labute approximate surface area is 225 Å². The van der Waals surface area contributed by atoms with Crippen molar-refractivity contribution in [2.45, 2.75) is 38.3 Å². The van der Waals surface area contributed by atoms with Crippen molar-refractivity contribution in [2.24, 2.45) is 17.6 Å². The topological polar surface area (TPSA) is 167 Å². The van der Waals surface area contributed by atoms with Gasteiger partial charge in [-0.25, -0.2) is 4.98 Å². The molecule has 0 saturated heterocycles. The molecule has 2 aromatic rings. The standard InChI is InChI=1S/C24H24N3O7.Y/c1-8-5-13-20(34-9(2)26-13)15-11(8)6-10-7-12-17(27(3)4)19(29)16(23(25)32)22(31)24(12,33)21(30)14(10)18(15)28;/h10,12,17,28,31,33H,6-7H2,1-4H3,(H2,25,32);/q-1;/t10-,12-,17-,24-;/m0./s1. The predicted octanol–water partition coefficient (Wildman–Crippen LogP) is 0.814. The van der Waals surface area contributed by atoms with Crippen molar-refractivity contribution in [1.29, 1.82) is 0 Å². The minimum absolute atomic E-state index is 0. The number of primary amides is 1. The van der Waals surface area contributed by atoms with E-state index in [4.69, 9.17) is 10.2 Å². The van der Waals surface area contributed by atoms with Crippen LogP contribution in [0.1, 0.15) is 29.0 Å². The van der Waals surface area contributed by atoms with E-state index in [1.165, 1.54) is 4.90 Å². The number of hydrogen-bond donors (Lipinski definition) is 4. The zero-order chi connectivity index (χ0) is 24.9. The third-order valence-electron chi connectivity index (χ3n) is 7.33. The Balaban J connectivity index is 0.00000289. The minimum atomic E-state index is -2.60. The third kappa shape index (κ3) is 3.30. The molecule has 1 radical (unpaired) electrons. The number of amides is 1. The number of aryl methyl sites for hydroxylation is 2. The Morgan fingerprint density at radius 2 is 1.91 bits per heavy atom. The number of hydrogen-bond acceptors (Lipinski definition) is 9. The fourth-order valence-electron chi connectivity index (χ4n) is 5.90. The summed E-state index contributed by atoms with van der Waals surface area (Å²) in [6.45, 7) is 3.47. The van der Waals surface area contributed by atoms with E-state index in [2.05, 4.69) is 11.1 Å². The van der Waals surface area contributed by atoms with Gasteiger partial charge < -0.3 is 25.5 Å². The summed E-state index contributed by atoms with van der Waals surface area (Å²) in [5.74, 6) is -5.66. The van der Waals surface area contributed by atoms with Crippen LogP contribution >= 0.6 is 0 Å². The van der Waals surface area contributed by atoms with Crippen molar-refractivity contribution in [3.05, 3.63) is 45.6 Å². The molecule has 3 aliphatic carbocycles. The van der Waals surface area contributed by atoms with E-state index in [1.54, 1.807) is 21.0 Å². The fourth-order valence-corrected chi connectivity index (χ4v) is 5.90. The number of aromatic nitrogens is 1. The molecule has 0 bridgehead atoms. The summed E-state index contributed by atoms with van der Waals surface area (Å²) in [5.41, 5.74) is 4.27. The SMILES string of the molecule is Cc1nc2[c-]c(C)c3c(c2o1)C(O)=C1C(=O)[C@]2(O)C(O)=C(C(N)=O)C(=O)[C@@H](N(C)C)[C@@H]2C[C@@H]1C3.[Y]. The minimum Gasteiger partial charge on any atom is -0.509 e. The number of nitrogens with two attached hydrogens (primary N) is 1. The van der Waals surface area contributed by atoms with Crippen LogP contribution in [0, 0.1) is 31.7 Å². The first-order valence-electron chi connectivity index (χ1n) is 10.9. The Morgan fingerprint density at radius 1 is 1.26 bits per heavy atom. The first-order valence-corrected chi connectivity index (χ1v) is 10.9. The molecule has 1 fully saturated rings. The molecule has 0 unspecified atom stereocenters. The number of oxazole rings is 1. The smallest absolute Gasteiger partial charge is 0.255 e. The van der Waals surface area contributed by atoms with Crippen LogP contribution < -0.4 is 5.73 Å². The van der Waals surface area contributed by atoms with E-state index in [0.717, 1.165) is 11.1 Å². The van der Waals surface area contributed by atoms with Gasteiger partial charge in [-0.3, -0.25) is 19.3 Å². The number of ketones is 2.